The molecule has 2 aromatic carbocycles. The van der Waals surface area contributed by atoms with Gasteiger partial charge < -0.3 is 11.1 Å². The Morgan fingerprint density at radius 2 is 1.76 bits per heavy atom. The summed E-state index contributed by atoms with van der Waals surface area (Å²) in [7, 11) is 0. The summed E-state index contributed by atoms with van der Waals surface area (Å²) in [6, 6.07) is 13.6. The highest BCUT2D eigenvalue weighted by Gasteiger charge is 2.26. The van der Waals surface area contributed by atoms with Gasteiger partial charge in [-0.15, -0.1) is 0 Å². The zero-order valence-electron chi connectivity index (χ0n) is 12.2. The molecule has 0 saturated heterocycles. The molecule has 0 spiro atoms. The third-order valence-corrected chi connectivity index (χ3v) is 3.46. The van der Waals surface area contributed by atoms with Crippen molar-refractivity contribution in [2.45, 2.75) is 25.9 Å². The SMILES string of the molecule is CC(C)(NC(=O)c1ccccc1CN)c1ccccc1F. The van der Waals surface area contributed by atoms with Crippen LogP contribution in [0.3, 0.4) is 0 Å². The molecule has 2 aromatic rings. The summed E-state index contributed by atoms with van der Waals surface area (Å²) in [6.07, 6.45) is 0. The number of halogens is 1. The lowest BCUT2D eigenvalue weighted by Gasteiger charge is -2.27. The molecule has 0 aliphatic carbocycles. The minimum Gasteiger partial charge on any atom is -0.343 e. The van der Waals surface area contributed by atoms with Crippen LogP contribution in [0.15, 0.2) is 48.5 Å². The molecule has 0 heterocycles. The van der Waals surface area contributed by atoms with E-state index in [-0.39, 0.29) is 18.3 Å². The van der Waals surface area contributed by atoms with Crippen LogP contribution in [0.4, 0.5) is 4.39 Å². The van der Waals surface area contributed by atoms with Gasteiger partial charge in [-0.05, 0) is 31.5 Å². The Balaban J connectivity index is 2.28. The zero-order valence-corrected chi connectivity index (χ0v) is 12.2. The standard InChI is InChI=1S/C17H19FN2O/c1-17(2,14-9-5-6-10-15(14)18)20-16(21)13-8-4-3-7-12(13)11-19/h3-10H,11,19H2,1-2H3,(H,20,21). The molecule has 110 valence electrons. The van der Waals surface area contributed by atoms with Gasteiger partial charge in [0.1, 0.15) is 5.82 Å². The van der Waals surface area contributed by atoms with E-state index in [9.17, 15) is 9.18 Å². The number of nitrogens with one attached hydrogen (secondary N) is 1. The lowest BCUT2D eigenvalue weighted by Crippen LogP contribution is -2.42. The monoisotopic (exact) mass is 286 g/mol. The molecule has 4 heteroatoms. The summed E-state index contributed by atoms with van der Waals surface area (Å²) in [5, 5.41) is 2.87. The number of rotatable bonds is 4. The molecule has 0 bridgehead atoms. The van der Waals surface area contributed by atoms with Crippen LogP contribution < -0.4 is 11.1 Å². The smallest absolute Gasteiger partial charge is 0.252 e. The van der Waals surface area contributed by atoms with Crippen LogP contribution in [0.1, 0.15) is 35.3 Å². The van der Waals surface area contributed by atoms with Gasteiger partial charge in [0.05, 0.1) is 5.54 Å². The second-order valence-electron chi connectivity index (χ2n) is 5.42. The molecular formula is C17H19FN2O. The Labute approximate surface area is 124 Å². The van der Waals surface area contributed by atoms with Crippen LogP contribution in [-0.4, -0.2) is 5.91 Å². The van der Waals surface area contributed by atoms with E-state index in [1.54, 1.807) is 44.2 Å². The van der Waals surface area contributed by atoms with Gasteiger partial charge in [0.2, 0.25) is 0 Å². The molecule has 0 aliphatic heterocycles. The molecule has 0 unspecified atom stereocenters. The van der Waals surface area contributed by atoms with Crippen LogP contribution in [0.25, 0.3) is 0 Å². The second-order valence-corrected chi connectivity index (χ2v) is 5.42. The van der Waals surface area contributed by atoms with Gasteiger partial charge >= 0.3 is 0 Å². The lowest BCUT2D eigenvalue weighted by atomic mass is 9.93. The predicted octanol–water partition coefficient (Wildman–Crippen LogP) is 2.95. The van der Waals surface area contributed by atoms with Gasteiger partial charge in [-0.2, -0.15) is 0 Å². The normalized spacial score (nSPS) is 11.2. The summed E-state index contributed by atoms with van der Waals surface area (Å²) in [5.41, 5.74) is 6.56. The zero-order chi connectivity index (χ0) is 15.5. The highest BCUT2D eigenvalue weighted by molar-refractivity contribution is 5.96. The van der Waals surface area contributed by atoms with E-state index < -0.39 is 5.54 Å². The van der Waals surface area contributed by atoms with Crippen molar-refractivity contribution in [2.24, 2.45) is 5.73 Å². The van der Waals surface area contributed by atoms with Crippen LogP contribution in [-0.2, 0) is 12.1 Å². The first-order valence-electron chi connectivity index (χ1n) is 6.81. The first-order chi connectivity index (χ1) is 9.95. The van der Waals surface area contributed by atoms with Gasteiger partial charge in [0.15, 0.2) is 0 Å². The predicted molar refractivity (Wildman–Crippen MR) is 81.2 cm³/mol. The van der Waals surface area contributed by atoms with E-state index in [1.165, 1.54) is 6.07 Å². The average molecular weight is 286 g/mol. The maximum absolute atomic E-state index is 13.9. The summed E-state index contributed by atoms with van der Waals surface area (Å²) in [5.74, 6) is -0.598. The third kappa shape index (κ3) is 3.28. The lowest BCUT2D eigenvalue weighted by molar-refractivity contribution is 0.0910. The summed E-state index contributed by atoms with van der Waals surface area (Å²) >= 11 is 0. The molecule has 0 aliphatic rings. The Morgan fingerprint density at radius 1 is 1.14 bits per heavy atom. The van der Waals surface area contributed by atoms with Gasteiger partial charge in [-0.25, -0.2) is 4.39 Å². The minimum atomic E-state index is -0.815. The van der Waals surface area contributed by atoms with Crippen molar-refractivity contribution in [1.82, 2.24) is 5.32 Å². The molecule has 0 aromatic heterocycles. The van der Waals surface area contributed by atoms with Crippen molar-refractivity contribution in [3.63, 3.8) is 0 Å². The maximum Gasteiger partial charge on any atom is 0.252 e. The number of carbonyl (C=O) groups excluding carboxylic acids is 1. The van der Waals surface area contributed by atoms with E-state index in [4.69, 9.17) is 5.73 Å². The van der Waals surface area contributed by atoms with Gasteiger partial charge in [-0.3, -0.25) is 4.79 Å². The molecule has 3 N–H and O–H groups in total. The Hall–Kier alpha value is -2.20. The largest absolute Gasteiger partial charge is 0.343 e. The molecule has 3 nitrogen and oxygen atoms in total. The number of benzene rings is 2. The van der Waals surface area contributed by atoms with Crippen molar-refractivity contribution in [3.8, 4) is 0 Å². The molecule has 0 saturated carbocycles. The fraction of sp³-hybridized carbons (Fsp3) is 0.235. The highest BCUT2D eigenvalue weighted by Crippen LogP contribution is 2.23. The van der Waals surface area contributed by atoms with E-state index >= 15 is 0 Å². The highest BCUT2D eigenvalue weighted by atomic mass is 19.1. The maximum atomic E-state index is 13.9. The number of hydrogen-bond donors (Lipinski definition) is 2. The third-order valence-electron chi connectivity index (χ3n) is 3.46. The van der Waals surface area contributed by atoms with Crippen molar-refractivity contribution < 1.29 is 9.18 Å². The second kappa shape index (κ2) is 6.06. The Bertz CT molecular complexity index is 653. The number of carbonyl (C=O) groups is 1. The van der Waals surface area contributed by atoms with Crippen molar-refractivity contribution in [2.75, 3.05) is 0 Å². The van der Waals surface area contributed by atoms with E-state index in [2.05, 4.69) is 5.32 Å². The number of hydrogen-bond acceptors (Lipinski definition) is 2. The molecule has 1 amide bonds. The van der Waals surface area contributed by atoms with E-state index in [0.29, 0.717) is 11.1 Å². The van der Waals surface area contributed by atoms with Crippen LogP contribution in [0.5, 0.6) is 0 Å². The van der Waals surface area contributed by atoms with E-state index in [1.807, 2.05) is 12.1 Å². The first-order valence-corrected chi connectivity index (χ1v) is 6.81. The molecule has 2 rings (SSSR count). The molecular weight excluding hydrogens is 267 g/mol. The minimum absolute atomic E-state index is 0.260. The molecule has 21 heavy (non-hydrogen) atoms. The van der Waals surface area contributed by atoms with Crippen molar-refractivity contribution >= 4 is 5.91 Å². The number of nitrogens with two attached hydrogens (primary N) is 1. The Morgan fingerprint density at radius 3 is 2.43 bits per heavy atom. The summed E-state index contributed by atoms with van der Waals surface area (Å²) in [4.78, 5) is 12.4. The van der Waals surface area contributed by atoms with Gasteiger partial charge in [0.25, 0.3) is 5.91 Å². The molecule has 0 fully saturated rings. The fourth-order valence-electron chi connectivity index (χ4n) is 2.31. The summed E-state index contributed by atoms with van der Waals surface area (Å²) in [6.45, 7) is 3.83. The van der Waals surface area contributed by atoms with Crippen LogP contribution in [0.2, 0.25) is 0 Å². The topological polar surface area (TPSA) is 55.1 Å². The molecule has 0 atom stereocenters. The fourth-order valence-corrected chi connectivity index (χ4v) is 2.31. The average Bonchev–Trinajstić information content (AvgIpc) is 2.47. The van der Waals surface area contributed by atoms with Crippen molar-refractivity contribution in [1.29, 1.82) is 0 Å². The van der Waals surface area contributed by atoms with Crippen molar-refractivity contribution in [3.05, 3.63) is 71.0 Å². The molecule has 0 radical (unpaired) electrons. The van der Waals surface area contributed by atoms with Gasteiger partial charge in [0, 0.05) is 17.7 Å². The first kappa shape index (κ1) is 15.2. The van der Waals surface area contributed by atoms with Gasteiger partial charge in [-0.1, -0.05) is 36.4 Å². The van der Waals surface area contributed by atoms with Crippen LogP contribution >= 0.6 is 0 Å². The quantitative estimate of drug-likeness (QED) is 0.908. The number of amides is 1. The van der Waals surface area contributed by atoms with Crippen LogP contribution in [0, 0.1) is 5.82 Å². The Kier molecular flexibility index (Phi) is 4.38. The summed E-state index contributed by atoms with van der Waals surface area (Å²) < 4.78 is 13.9. The van der Waals surface area contributed by atoms with E-state index in [0.717, 1.165) is 5.56 Å².